The van der Waals surface area contributed by atoms with E-state index in [0.29, 0.717) is 41.3 Å². The molecule has 7 heteroatoms. The maximum Gasteiger partial charge on any atom is 0.260 e. The van der Waals surface area contributed by atoms with Crippen LogP contribution in [-0.4, -0.2) is 43.0 Å². The summed E-state index contributed by atoms with van der Waals surface area (Å²) in [6, 6.07) is 4.90. The summed E-state index contributed by atoms with van der Waals surface area (Å²) in [5.74, 6) is 0.744. The number of halogens is 2. The van der Waals surface area contributed by atoms with Crippen LogP contribution < -0.4 is 10.1 Å². The van der Waals surface area contributed by atoms with E-state index < -0.39 is 0 Å². The maximum atomic E-state index is 12.2. The molecule has 1 aliphatic rings. The van der Waals surface area contributed by atoms with E-state index in [1.807, 2.05) is 0 Å². The summed E-state index contributed by atoms with van der Waals surface area (Å²) < 4.78 is 5.47. The van der Waals surface area contributed by atoms with E-state index in [2.05, 4.69) is 5.32 Å². The lowest BCUT2D eigenvalue weighted by Gasteiger charge is -2.32. The first kappa shape index (κ1) is 17.9. The molecule has 0 spiro atoms. The average molecular weight is 359 g/mol. The summed E-state index contributed by atoms with van der Waals surface area (Å²) in [4.78, 5) is 24.9. The highest BCUT2D eigenvalue weighted by atomic mass is 35.5. The zero-order valence-electron chi connectivity index (χ0n) is 13.0. The van der Waals surface area contributed by atoms with Gasteiger partial charge in [0, 0.05) is 37.6 Å². The number of nitrogens with zero attached hydrogens (tertiary/aromatic N) is 1. The van der Waals surface area contributed by atoms with E-state index in [1.54, 1.807) is 23.1 Å². The van der Waals surface area contributed by atoms with Gasteiger partial charge in [0.05, 0.1) is 5.02 Å². The summed E-state index contributed by atoms with van der Waals surface area (Å²) in [5, 5.41) is 3.76. The molecule has 2 rings (SSSR count). The molecular formula is C16H20Cl2N2O3. The van der Waals surface area contributed by atoms with E-state index in [-0.39, 0.29) is 18.4 Å². The van der Waals surface area contributed by atoms with Gasteiger partial charge >= 0.3 is 0 Å². The quantitative estimate of drug-likeness (QED) is 0.880. The Balaban J connectivity index is 1.77. The zero-order valence-corrected chi connectivity index (χ0v) is 14.5. The van der Waals surface area contributed by atoms with Gasteiger partial charge in [0.1, 0.15) is 5.75 Å². The lowest BCUT2D eigenvalue weighted by molar-refractivity contribution is -0.134. The van der Waals surface area contributed by atoms with E-state index in [1.165, 1.54) is 6.92 Å². The second kappa shape index (κ2) is 8.41. The van der Waals surface area contributed by atoms with Gasteiger partial charge in [-0.05, 0) is 30.9 Å². The van der Waals surface area contributed by atoms with Gasteiger partial charge in [-0.15, -0.1) is 0 Å². The Kier molecular flexibility index (Phi) is 6.54. The first-order valence-corrected chi connectivity index (χ1v) is 8.31. The van der Waals surface area contributed by atoms with Gasteiger partial charge in [0.2, 0.25) is 5.91 Å². The Morgan fingerprint density at radius 3 is 2.65 bits per heavy atom. The van der Waals surface area contributed by atoms with Crippen LogP contribution in [0.25, 0.3) is 0 Å². The SMILES string of the molecule is CC(=O)NCC1CCN(C(=O)COc2cc(Cl)ccc2Cl)CC1. The number of piperidine rings is 1. The first-order chi connectivity index (χ1) is 11.0. The van der Waals surface area contributed by atoms with Crippen molar-refractivity contribution in [3.05, 3.63) is 28.2 Å². The molecule has 0 aliphatic carbocycles. The predicted molar refractivity (Wildman–Crippen MR) is 89.9 cm³/mol. The number of carbonyl (C=O) groups is 2. The Morgan fingerprint density at radius 2 is 2.00 bits per heavy atom. The van der Waals surface area contributed by atoms with Crippen LogP contribution in [0.1, 0.15) is 19.8 Å². The van der Waals surface area contributed by atoms with Gasteiger partial charge in [0.15, 0.2) is 6.61 Å². The van der Waals surface area contributed by atoms with Crippen LogP contribution in [0.5, 0.6) is 5.75 Å². The van der Waals surface area contributed by atoms with Gasteiger partial charge in [-0.25, -0.2) is 0 Å². The van der Waals surface area contributed by atoms with Crippen molar-refractivity contribution in [2.75, 3.05) is 26.2 Å². The number of rotatable bonds is 5. The zero-order chi connectivity index (χ0) is 16.8. The molecular weight excluding hydrogens is 339 g/mol. The number of hydrogen-bond donors (Lipinski definition) is 1. The number of hydrogen-bond acceptors (Lipinski definition) is 3. The van der Waals surface area contributed by atoms with E-state index in [9.17, 15) is 9.59 Å². The van der Waals surface area contributed by atoms with Gasteiger partial charge < -0.3 is 15.0 Å². The minimum absolute atomic E-state index is 0.0182. The number of benzene rings is 1. The standard InChI is InChI=1S/C16H20Cl2N2O3/c1-11(21)19-9-12-4-6-20(7-5-12)16(22)10-23-15-8-13(17)2-3-14(15)18/h2-3,8,12H,4-7,9-10H2,1H3,(H,19,21). The summed E-state index contributed by atoms with van der Waals surface area (Å²) in [6.45, 7) is 3.48. The van der Waals surface area contributed by atoms with E-state index in [0.717, 1.165) is 12.8 Å². The fraction of sp³-hybridized carbons (Fsp3) is 0.500. The van der Waals surface area contributed by atoms with Crippen molar-refractivity contribution in [2.24, 2.45) is 5.92 Å². The second-order valence-electron chi connectivity index (χ2n) is 5.62. The average Bonchev–Trinajstić information content (AvgIpc) is 2.54. The molecule has 0 radical (unpaired) electrons. The number of carbonyl (C=O) groups excluding carboxylic acids is 2. The monoisotopic (exact) mass is 358 g/mol. The molecule has 5 nitrogen and oxygen atoms in total. The van der Waals surface area contributed by atoms with Crippen molar-refractivity contribution >= 4 is 35.0 Å². The molecule has 1 fully saturated rings. The molecule has 23 heavy (non-hydrogen) atoms. The third-order valence-electron chi connectivity index (χ3n) is 3.85. The molecule has 1 aliphatic heterocycles. The molecule has 0 bridgehead atoms. The van der Waals surface area contributed by atoms with Crippen LogP contribution >= 0.6 is 23.2 Å². The van der Waals surface area contributed by atoms with Crippen LogP contribution in [-0.2, 0) is 9.59 Å². The highest BCUT2D eigenvalue weighted by Crippen LogP contribution is 2.27. The molecule has 1 saturated heterocycles. The number of ether oxygens (including phenoxy) is 1. The number of amides is 2. The minimum atomic E-state index is -0.0704. The van der Waals surface area contributed by atoms with Crippen LogP contribution in [0.2, 0.25) is 10.0 Å². The molecule has 1 aromatic rings. The first-order valence-electron chi connectivity index (χ1n) is 7.55. The van der Waals surface area contributed by atoms with Crippen molar-refractivity contribution in [3.63, 3.8) is 0 Å². The molecule has 126 valence electrons. The normalized spacial score (nSPS) is 15.3. The van der Waals surface area contributed by atoms with Crippen LogP contribution in [0, 0.1) is 5.92 Å². The smallest absolute Gasteiger partial charge is 0.260 e. The molecule has 0 aromatic heterocycles. The third kappa shape index (κ3) is 5.59. The molecule has 2 amide bonds. The largest absolute Gasteiger partial charge is 0.482 e. The Labute approximate surface area is 145 Å². The Bertz CT molecular complexity index is 572. The van der Waals surface area contributed by atoms with Crippen LogP contribution in [0.4, 0.5) is 0 Å². The summed E-state index contributed by atoms with van der Waals surface area (Å²) in [6.07, 6.45) is 1.76. The van der Waals surface area contributed by atoms with Crippen molar-refractivity contribution in [1.82, 2.24) is 10.2 Å². The topological polar surface area (TPSA) is 58.6 Å². The Hall–Kier alpha value is -1.46. The van der Waals surface area contributed by atoms with Crippen molar-refractivity contribution in [2.45, 2.75) is 19.8 Å². The Morgan fingerprint density at radius 1 is 1.30 bits per heavy atom. The van der Waals surface area contributed by atoms with Gasteiger partial charge in [-0.1, -0.05) is 23.2 Å². The number of nitrogens with one attached hydrogen (secondary N) is 1. The summed E-state index contributed by atoms with van der Waals surface area (Å²) >= 11 is 11.9. The molecule has 1 N–H and O–H groups in total. The van der Waals surface area contributed by atoms with Gasteiger partial charge in [-0.2, -0.15) is 0 Å². The van der Waals surface area contributed by atoms with Crippen molar-refractivity contribution in [3.8, 4) is 5.75 Å². The van der Waals surface area contributed by atoms with E-state index >= 15 is 0 Å². The minimum Gasteiger partial charge on any atom is -0.482 e. The number of likely N-dealkylation sites (tertiary alicyclic amines) is 1. The highest BCUT2D eigenvalue weighted by molar-refractivity contribution is 6.34. The predicted octanol–water partition coefficient (Wildman–Crippen LogP) is 2.75. The van der Waals surface area contributed by atoms with Crippen LogP contribution in [0.3, 0.4) is 0 Å². The fourth-order valence-electron chi connectivity index (χ4n) is 2.49. The lowest BCUT2D eigenvalue weighted by Crippen LogP contribution is -2.43. The molecule has 1 aromatic carbocycles. The molecule has 0 atom stereocenters. The van der Waals surface area contributed by atoms with Crippen molar-refractivity contribution < 1.29 is 14.3 Å². The lowest BCUT2D eigenvalue weighted by atomic mass is 9.97. The van der Waals surface area contributed by atoms with E-state index in [4.69, 9.17) is 27.9 Å². The summed E-state index contributed by atoms with van der Waals surface area (Å²) in [5.41, 5.74) is 0. The third-order valence-corrected chi connectivity index (χ3v) is 4.40. The maximum absolute atomic E-state index is 12.2. The fourth-order valence-corrected chi connectivity index (χ4v) is 2.83. The second-order valence-corrected chi connectivity index (χ2v) is 6.47. The molecule has 0 saturated carbocycles. The highest BCUT2D eigenvalue weighted by Gasteiger charge is 2.23. The molecule has 1 heterocycles. The molecule has 0 unspecified atom stereocenters. The van der Waals surface area contributed by atoms with Gasteiger partial charge in [0.25, 0.3) is 5.91 Å². The van der Waals surface area contributed by atoms with Gasteiger partial charge in [-0.3, -0.25) is 9.59 Å². The van der Waals surface area contributed by atoms with Crippen molar-refractivity contribution in [1.29, 1.82) is 0 Å². The summed E-state index contributed by atoms with van der Waals surface area (Å²) in [7, 11) is 0. The van der Waals surface area contributed by atoms with Crippen LogP contribution in [0.15, 0.2) is 18.2 Å².